The number of furan rings is 1. The minimum absolute atomic E-state index is 0.00666. The molecule has 2 fully saturated rings. The maximum Gasteiger partial charge on any atom is 0.289 e. The highest BCUT2D eigenvalue weighted by Gasteiger charge is 2.31. The number of carbonyl (C=O) groups excluding carboxylic acids is 2. The van der Waals surface area contributed by atoms with Crippen LogP contribution in [0.2, 0.25) is 0 Å². The minimum Gasteiger partial charge on any atom is -0.459 e. The predicted molar refractivity (Wildman–Crippen MR) is 99.8 cm³/mol. The number of hydrogen-bond acceptors (Lipinski definition) is 4. The summed E-state index contributed by atoms with van der Waals surface area (Å²) in [5, 5.41) is 3.16. The highest BCUT2D eigenvalue weighted by Crippen LogP contribution is 2.22. The van der Waals surface area contributed by atoms with Crippen LogP contribution in [0.3, 0.4) is 0 Å². The smallest absolute Gasteiger partial charge is 0.289 e. The Morgan fingerprint density at radius 1 is 1.15 bits per heavy atom. The third-order valence-corrected chi connectivity index (χ3v) is 5.79. The summed E-state index contributed by atoms with van der Waals surface area (Å²) in [6, 6.07) is 3.40. The van der Waals surface area contributed by atoms with Crippen molar-refractivity contribution in [2.75, 3.05) is 32.7 Å². The number of piperidine rings is 2. The van der Waals surface area contributed by atoms with Gasteiger partial charge in [-0.25, -0.2) is 0 Å². The lowest BCUT2D eigenvalue weighted by Crippen LogP contribution is -2.54. The monoisotopic (exact) mass is 361 g/mol. The maximum atomic E-state index is 12.6. The summed E-state index contributed by atoms with van der Waals surface area (Å²) in [6.07, 6.45) is 6.75. The van der Waals surface area contributed by atoms with Gasteiger partial charge in [0.05, 0.1) is 6.26 Å². The van der Waals surface area contributed by atoms with E-state index in [1.165, 1.54) is 25.5 Å². The molecule has 2 aliphatic rings. The maximum absolute atomic E-state index is 12.6. The summed E-state index contributed by atoms with van der Waals surface area (Å²) in [6.45, 7) is 8.55. The first-order valence-corrected chi connectivity index (χ1v) is 9.83. The van der Waals surface area contributed by atoms with E-state index in [0.29, 0.717) is 38.2 Å². The number of nitrogens with one attached hydrogen (secondary N) is 1. The topological polar surface area (TPSA) is 65.8 Å². The van der Waals surface area contributed by atoms with E-state index in [2.05, 4.69) is 24.1 Å². The average molecular weight is 361 g/mol. The van der Waals surface area contributed by atoms with Gasteiger partial charge in [-0.1, -0.05) is 6.42 Å². The molecule has 2 aliphatic heterocycles. The Morgan fingerprint density at radius 2 is 1.85 bits per heavy atom. The van der Waals surface area contributed by atoms with Crippen molar-refractivity contribution in [3.8, 4) is 0 Å². The molecule has 3 rings (SSSR count). The van der Waals surface area contributed by atoms with Crippen LogP contribution in [0, 0.1) is 5.92 Å². The number of hydrogen-bond donors (Lipinski definition) is 1. The van der Waals surface area contributed by atoms with Crippen molar-refractivity contribution in [1.82, 2.24) is 15.1 Å². The number of rotatable bonds is 5. The largest absolute Gasteiger partial charge is 0.459 e. The summed E-state index contributed by atoms with van der Waals surface area (Å²) in [4.78, 5) is 29.1. The molecule has 0 unspecified atom stereocenters. The first kappa shape index (κ1) is 19.0. The SMILES string of the molecule is CC(C)(CNC(=O)C1CCN(C(=O)c2ccco2)CC1)N1CCCCC1. The minimum atomic E-state index is -0.0833. The Labute approximate surface area is 155 Å². The van der Waals surface area contributed by atoms with Crippen LogP contribution in [-0.2, 0) is 4.79 Å². The van der Waals surface area contributed by atoms with Crippen molar-refractivity contribution in [1.29, 1.82) is 0 Å². The van der Waals surface area contributed by atoms with Crippen molar-refractivity contribution in [2.24, 2.45) is 5.92 Å². The molecule has 0 radical (unpaired) electrons. The third kappa shape index (κ3) is 4.47. The molecular weight excluding hydrogens is 330 g/mol. The zero-order valence-electron chi connectivity index (χ0n) is 16.0. The zero-order chi connectivity index (χ0) is 18.6. The highest BCUT2D eigenvalue weighted by molar-refractivity contribution is 5.91. The molecule has 144 valence electrons. The van der Waals surface area contributed by atoms with Crippen molar-refractivity contribution < 1.29 is 14.0 Å². The van der Waals surface area contributed by atoms with Gasteiger partial charge in [0.25, 0.3) is 5.91 Å². The molecule has 2 amide bonds. The quantitative estimate of drug-likeness (QED) is 0.875. The molecule has 1 aromatic rings. The standard InChI is InChI=1S/C20H31N3O3/c1-20(2,23-10-4-3-5-11-23)15-21-18(24)16-8-12-22(13-9-16)19(25)17-7-6-14-26-17/h6-7,14,16H,3-5,8-13,15H2,1-2H3,(H,21,24). The molecule has 1 N–H and O–H groups in total. The van der Waals surface area contributed by atoms with Gasteiger partial charge in [-0.2, -0.15) is 0 Å². The van der Waals surface area contributed by atoms with Crippen molar-refractivity contribution in [2.45, 2.75) is 51.5 Å². The lowest BCUT2D eigenvalue weighted by Gasteiger charge is -2.41. The molecule has 26 heavy (non-hydrogen) atoms. The lowest BCUT2D eigenvalue weighted by atomic mass is 9.94. The molecule has 2 saturated heterocycles. The summed E-state index contributed by atoms with van der Waals surface area (Å²) in [5.74, 6) is 0.407. The van der Waals surface area contributed by atoms with Crippen LogP contribution in [0.25, 0.3) is 0 Å². The normalized spacial score (nSPS) is 20.2. The van der Waals surface area contributed by atoms with Gasteiger partial charge >= 0.3 is 0 Å². The fourth-order valence-electron chi connectivity index (χ4n) is 3.96. The Kier molecular flexibility index (Phi) is 6.01. The molecule has 6 nitrogen and oxygen atoms in total. The van der Waals surface area contributed by atoms with Crippen LogP contribution in [0.1, 0.15) is 56.5 Å². The van der Waals surface area contributed by atoms with Crippen LogP contribution in [-0.4, -0.2) is 59.9 Å². The average Bonchev–Trinajstić information content (AvgIpc) is 3.21. The molecule has 0 atom stereocenters. The molecule has 3 heterocycles. The van der Waals surface area contributed by atoms with Crippen molar-refractivity contribution in [3.63, 3.8) is 0 Å². The van der Waals surface area contributed by atoms with Gasteiger partial charge in [0.2, 0.25) is 5.91 Å². The van der Waals surface area contributed by atoms with Crippen LogP contribution in [0.15, 0.2) is 22.8 Å². The van der Waals surface area contributed by atoms with E-state index >= 15 is 0 Å². The molecule has 0 aromatic carbocycles. The number of nitrogens with zero attached hydrogens (tertiary/aromatic N) is 2. The van der Waals surface area contributed by atoms with Crippen molar-refractivity contribution >= 4 is 11.8 Å². The second-order valence-corrected chi connectivity index (χ2v) is 8.12. The molecule has 6 heteroatoms. The van der Waals surface area contributed by atoms with Crippen molar-refractivity contribution in [3.05, 3.63) is 24.2 Å². The molecule has 0 spiro atoms. The van der Waals surface area contributed by atoms with E-state index in [1.54, 1.807) is 17.0 Å². The summed E-state index contributed by atoms with van der Waals surface area (Å²) in [7, 11) is 0. The fraction of sp³-hybridized carbons (Fsp3) is 0.700. The van der Waals surface area contributed by atoms with E-state index < -0.39 is 0 Å². The summed E-state index contributed by atoms with van der Waals surface area (Å²) >= 11 is 0. The zero-order valence-corrected chi connectivity index (χ0v) is 16.0. The van der Waals surface area contributed by atoms with Crippen LogP contribution in [0.5, 0.6) is 0 Å². The first-order chi connectivity index (χ1) is 12.5. The van der Waals surface area contributed by atoms with E-state index in [-0.39, 0.29) is 23.3 Å². The molecular formula is C20H31N3O3. The second kappa shape index (κ2) is 8.25. The van der Waals surface area contributed by atoms with E-state index in [9.17, 15) is 9.59 Å². The fourth-order valence-corrected chi connectivity index (χ4v) is 3.96. The third-order valence-electron chi connectivity index (χ3n) is 5.79. The Balaban J connectivity index is 1.44. The summed E-state index contributed by atoms with van der Waals surface area (Å²) < 4.78 is 5.18. The van der Waals surface area contributed by atoms with E-state index in [4.69, 9.17) is 4.42 Å². The second-order valence-electron chi connectivity index (χ2n) is 8.12. The van der Waals surface area contributed by atoms with Gasteiger partial charge in [0.15, 0.2) is 5.76 Å². The highest BCUT2D eigenvalue weighted by atomic mass is 16.3. The van der Waals surface area contributed by atoms with Crippen LogP contribution < -0.4 is 5.32 Å². The lowest BCUT2D eigenvalue weighted by molar-refractivity contribution is -0.126. The van der Waals surface area contributed by atoms with Gasteiger partial charge in [-0.15, -0.1) is 0 Å². The molecule has 1 aromatic heterocycles. The Hall–Kier alpha value is -1.82. The number of carbonyl (C=O) groups is 2. The van der Waals surface area contributed by atoms with Gasteiger partial charge in [0, 0.05) is 31.1 Å². The number of amides is 2. The van der Waals surface area contributed by atoms with Gasteiger partial charge < -0.3 is 14.6 Å². The van der Waals surface area contributed by atoms with Crippen LogP contribution in [0.4, 0.5) is 0 Å². The number of likely N-dealkylation sites (tertiary alicyclic amines) is 2. The van der Waals surface area contributed by atoms with Gasteiger partial charge in [-0.05, 0) is 64.8 Å². The first-order valence-electron chi connectivity index (χ1n) is 9.83. The molecule has 0 aliphatic carbocycles. The predicted octanol–water partition coefficient (Wildman–Crippen LogP) is 2.51. The Morgan fingerprint density at radius 3 is 2.46 bits per heavy atom. The van der Waals surface area contributed by atoms with Gasteiger partial charge in [-0.3, -0.25) is 14.5 Å². The van der Waals surface area contributed by atoms with Crippen LogP contribution >= 0.6 is 0 Å². The molecule has 0 bridgehead atoms. The Bertz CT molecular complexity index is 598. The van der Waals surface area contributed by atoms with Gasteiger partial charge in [0.1, 0.15) is 0 Å². The molecule has 0 saturated carbocycles. The summed E-state index contributed by atoms with van der Waals surface area (Å²) in [5.41, 5.74) is -0.00790. The van der Waals surface area contributed by atoms with E-state index in [1.807, 2.05) is 0 Å². The van der Waals surface area contributed by atoms with E-state index in [0.717, 1.165) is 13.1 Å².